The van der Waals surface area contributed by atoms with Crippen molar-refractivity contribution < 1.29 is 28.6 Å². The van der Waals surface area contributed by atoms with E-state index in [1.54, 1.807) is 0 Å². The quantitative estimate of drug-likeness (QED) is 0.0369. The zero-order valence-electron chi connectivity index (χ0n) is 45.4. The van der Waals surface area contributed by atoms with Crippen LogP contribution in [0.4, 0.5) is 4.79 Å². The van der Waals surface area contributed by atoms with E-state index in [1.807, 2.05) is 20.8 Å². The van der Waals surface area contributed by atoms with Crippen molar-refractivity contribution >= 4 is 18.0 Å². The maximum atomic E-state index is 12.9. The minimum atomic E-state index is -0.497. The first kappa shape index (κ1) is 64.2. The number of hydrogen-bond donors (Lipinski definition) is 1. The van der Waals surface area contributed by atoms with Gasteiger partial charge in [-0.1, -0.05) is 195 Å². The third kappa shape index (κ3) is 47.2. The van der Waals surface area contributed by atoms with Crippen LogP contribution in [0.25, 0.3) is 0 Å². The number of ether oxygens (including phenoxy) is 3. The van der Waals surface area contributed by atoms with E-state index in [4.69, 9.17) is 14.2 Å². The molecular formula is C58H114N2O6. The molecule has 66 heavy (non-hydrogen) atoms. The molecule has 0 saturated heterocycles. The molecule has 8 nitrogen and oxygen atoms in total. The first-order valence-corrected chi connectivity index (χ1v) is 29.1. The largest absolute Gasteiger partial charge is 0.462 e. The SMILES string of the molecule is CCCCCCCCC(CCCCCCCC)OC(=O)CCCCCCCN(CCCCCCCC(=O)OC(CCCCCCCC)CCCCCCCC)CCCNC(=O)OC(C)(C)C. The summed E-state index contributed by atoms with van der Waals surface area (Å²) in [6.45, 7) is 18.4. The number of carbonyl (C=O) groups is 3. The Labute approximate surface area is 411 Å². The van der Waals surface area contributed by atoms with Crippen LogP contribution in [0.5, 0.6) is 0 Å². The summed E-state index contributed by atoms with van der Waals surface area (Å²) in [7, 11) is 0. The molecule has 0 spiro atoms. The summed E-state index contributed by atoms with van der Waals surface area (Å²) in [4.78, 5) is 40.6. The Morgan fingerprint density at radius 2 is 0.682 bits per heavy atom. The molecule has 0 aromatic carbocycles. The van der Waals surface area contributed by atoms with Gasteiger partial charge in [-0.05, 0) is 124 Å². The van der Waals surface area contributed by atoms with Crippen LogP contribution in [0, 0.1) is 0 Å². The molecular weight excluding hydrogens is 821 g/mol. The van der Waals surface area contributed by atoms with E-state index in [2.05, 4.69) is 37.9 Å². The molecule has 0 bridgehead atoms. The maximum absolute atomic E-state index is 12.9. The Morgan fingerprint density at radius 1 is 0.394 bits per heavy atom. The second-order valence-corrected chi connectivity index (χ2v) is 21.1. The molecule has 0 heterocycles. The molecule has 0 rings (SSSR count). The fourth-order valence-corrected chi connectivity index (χ4v) is 9.04. The average molecular weight is 936 g/mol. The molecule has 0 saturated carbocycles. The summed E-state index contributed by atoms with van der Waals surface area (Å²) >= 11 is 0. The minimum absolute atomic E-state index is 0.00862. The van der Waals surface area contributed by atoms with Gasteiger partial charge in [0, 0.05) is 19.4 Å². The number of alkyl carbamates (subject to hydrolysis) is 1. The van der Waals surface area contributed by atoms with Crippen LogP contribution < -0.4 is 5.32 Å². The van der Waals surface area contributed by atoms with Gasteiger partial charge in [-0.3, -0.25) is 9.59 Å². The third-order valence-electron chi connectivity index (χ3n) is 13.1. The van der Waals surface area contributed by atoms with Crippen molar-refractivity contribution in [3.8, 4) is 0 Å². The van der Waals surface area contributed by atoms with Crippen molar-refractivity contribution in [3.05, 3.63) is 0 Å². The van der Waals surface area contributed by atoms with Gasteiger partial charge >= 0.3 is 18.0 Å². The molecule has 0 radical (unpaired) electrons. The van der Waals surface area contributed by atoms with Crippen LogP contribution in [0.15, 0.2) is 0 Å². The summed E-state index contributed by atoms with van der Waals surface area (Å²) in [5.74, 6) is 0.0172. The number of nitrogens with one attached hydrogen (secondary N) is 1. The number of hydrogen-bond acceptors (Lipinski definition) is 7. The van der Waals surface area contributed by atoms with E-state index in [0.29, 0.717) is 19.4 Å². The number of rotatable bonds is 50. The molecule has 0 aliphatic heterocycles. The Hall–Kier alpha value is -1.83. The van der Waals surface area contributed by atoms with Gasteiger partial charge in [0.1, 0.15) is 17.8 Å². The van der Waals surface area contributed by atoms with E-state index in [-0.39, 0.29) is 30.2 Å². The Kier molecular flexibility index (Phi) is 46.9. The van der Waals surface area contributed by atoms with E-state index in [9.17, 15) is 14.4 Å². The maximum Gasteiger partial charge on any atom is 0.407 e. The molecule has 1 N–H and O–H groups in total. The first-order valence-electron chi connectivity index (χ1n) is 29.1. The zero-order chi connectivity index (χ0) is 48.6. The predicted octanol–water partition coefficient (Wildman–Crippen LogP) is 17.7. The van der Waals surface area contributed by atoms with Crippen LogP contribution >= 0.6 is 0 Å². The van der Waals surface area contributed by atoms with E-state index < -0.39 is 5.60 Å². The molecule has 8 heteroatoms. The van der Waals surface area contributed by atoms with Crippen molar-refractivity contribution in [2.24, 2.45) is 0 Å². The second kappa shape index (κ2) is 48.2. The van der Waals surface area contributed by atoms with Gasteiger partial charge in [0.05, 0.1) is 0 Å². The molecule has 1 amide bonds. The van der Waals surface area contributed by atoms with E-state index in [0.717, 1.165) is 116 Å². The molecule has 0 unspecified atom stereocenters. The van der Waals surface area contributed by atoms with Gasteiger partial charge in [0.15, 0.2) is 0 Å². The number of esters is 2. The summed E-state index contributed by atoms with van der Waals surface area (Å²) in [6.07, 6.45) is 47.4. The van der Waals surface area contributed by atoms with Crippen LogP contribution in [-0.2, 0) is 23.8 Å². The van der Waals surface area contributed by atoms with E-state index >= 15 is 0 Å². The van der Waals surface area contributed by atoms with E-state index in [1.165, 1.54) is 154 Å². The lowest BCUT2D eigenvalue weighted by Crippen LogP contribution is -2.35. The van der Waals surface area contributed by atoms with Gasteiger partial charge in [-0.25, -0.2) is 4.79 Å². The lowest BCUT2D eigenvalue weighted by Gasteiger charge is -2.23. The van der Waals surface area contributed by atoms with Gasteiger partial charge in [0.2, 0.25) is 0 Å². The highest BCUT2D eigenvalue weighted by molar-refractivity contribution is 5.70. The highest BCUT2D eigenvalue weighted by Crippen LogP contribution is 2.20. The standard InChI is InChI=1S/C58H114N2O6/c1-8-12-16-20-26-34-43-53(44-35-27-21-17-13-9-2)64-55(61)47-38-30-24-32-40-50-60(52-42-49-59-57(63)66-58(5,6)7)51-41-33-25-31-39-48-56(62)65-54(45-36-28-22-18-14-10-3)46-37-29-23-19-15-11-4/h53-54H,8-52H2,1-7H3,(H,59,63). The average Bonchev–Trinajstić information content (AvgIpc) is 3.27. The number of nitrogens with zero attached hydrogens (tertiary/aromatic N) is 1. The summed E-state index contributed by atoms with van der Waals surface area (Å²) in [5.41, 5.74) is -0.497. The smallest absolute Gasteiger partial charge is 0.407 e. The van der Waals surface area contributed by atoms with Gasteiger partial charge in [-0.15, -0.1) is 0 Å². The van der Waals surface area contributed by atoms with Crippen LogP contribution in [0.1, 0.15) is 312 Å². The lowest BCUT2D eigenvalue weighted by molar-refractivity contribution is -0.151. The van der Waals surface area contributed by atoms with Crippen molar-refractivity contribution in [1.29, 1.82) is 0 Å². The fourth-order valence-electron chi connectivity index (χ4n) is 9.04. The summed E-state index contributed by atoms with van der Waals surface area (Å²) < 4.78 is 17.6. The second-order valence-electron chi connectivity index (χ2n) is 21.1. The number of amides is 1. The van der Waals surface area contributed by atoms with Gasteiger partial charge < -0.3 is 24.4 Å². The molecule has 0 aromatic rings. The van der Waals surface area contributed by atoms with Gasteiger partial charge in [0.25, 0.3) is 0 Å². The predicted molar refractivity (Wildman–Crippen MR) is 282 cm³/mol. The van der Waals surface area contributed by atoms with Crippen molar-refractivity contribution in [3.63, 3.8) is 0 Å². The molecule has 0 aliphatic rings. The summed E-state index contributed by atoms with van der Waals surface area (Å²) in [5, 5.41) is 2.93. The zero-order valence-corrected chi connectivity index (χ0v) is 45.4. The molecule has 0 aromatic heterocycles. The van der Waals surface area contributed by atoms with Crippen molar-refractivity contribution in [1.82, 2.24) is 10.2 Å². The Balaban J connectivity index is 4.72. The molecule has 0 fully saturated rings. The molecule has 0 atom stereocenters. The first-order chi connectivity index (χ1) is 32.0. The highest BCUT2D eigenvalue weighted by atomic mass is 16.6. The van der Waals surface area contributed by atoms with Crippen LogP contribution in [0.3, 0.4) is 0 Å². The number of carbonyl (C=O) groups excluding carboxylic acids is 3. The van der Waals surface area contributed by atoms with Crippen LogP contribution in [0.2, 0.25) is 0 Å². The fraction of sp³-hybridized carbons (Fsp3) is 0.948. The Morgan fingerprint density at radius 3 is 1.02 bits per heavy atom. The number of unbranched alkanes of at least 4 members (excludes halogenated alkanes) is 28. The van der Waals surface area contributed by atoms with Crippen molar-refractivity contribution in [2.45, 2.75) is 330 Å². The highest BCUT2D eigenvalue weighted by Gasteiger charge is 2.17. The Bertz CT molecular complexity index is 967. The molecule has 0 aliphatic carbocycles. The van der Waals surface area contributed by atoms with Crippen molar-refractivity contribution in [2.75, 3.05) is 26.2 Å². The summed E-state index contributed by atoms with van der Waals surface area (Å²) in [6, 6.07) is 0. The third-order valence-corrected chi connectivity index (χ3v) is 13.1. The minimum Gasteiger partial charge on any atom is -0.462 e. The van der Waals surface area contributed by atoms with Gasteiger partial charge in [-0.2, -0.15) is 0 Å². The monoisotopic (exact) mass is 935 g/mol. The topological polar surface area (TPSA) is 94.2 Å². The lowest BCUT2D eigenvalue weighted by atomic mass is 10.0. The van der Waals surface area contributed by atoms with Crippen LogP contribution in [-0.4, -0.2) is 66.9 Å². The molecule has 392 valence electrons. The normalized spacial score (nSPS) is 11.8.